The van der Waals surface area contributed by atoms with Crippen LogP contribution in [0.3, 0.4) is 0 Å². The van der Waals surface area contributed by atoms with Gasteiger partial charge in [0.2, 0.25) is 0 Å². The van der Waals surface area contributed by atoms with Crippen LogP contribution >= 0.6 is 23.2 Å². The van der Waals surface area contributed by atoms with Crippen molar-refractivity contribution in [3.05, 3.63) is 57.6 Å². The van der Waals surface area contributed by atoms with Gasteiger partial charge in [0.1, 0.15) is 5.75 Å². The van der Waals surface area contributed by atoms with E-state index >= 15 is 0 Å². The zero-order valence-corrected chi connectivity index (χ0v) is 12.3. The predicted octanol–water partition coefficient (Wildman–Crippen LogP) is 4.92. The van der Waals surface area contributed by atoms with Crippen molar-refractivity contribution in [1.29, 1.82) is 0 Å². The van der Waals surface area contributed by atoms with Gasteiger partial charge >= 0.3 is 0 Å². The standard InChI is InChI=1S/C15H15Cl2NO/c1-10-6-7-13(14(8-10)19-2)18-9-11-4-3-5-12(16)15(11)17/h3-8,18H,9H2,1-2H3. The SMILES string of the molecule is COc1cc(C)ccc1NCc1cccc(Cl)c1Cl. The van der Waals surface area contributed by atoms with Gasteiger partial charge in [0.25, 0.3) is 0 Å². The molecule has 0 aliphatic carbocycles. The van der Waals surface area contributed by atoms with Gasteiger partial charge in [-0.05, 0) is 36.2 Å². The Kier molecular flexibility index (Phi) is 4.56. The molecule has 0 aliphatic rings. The van der Waals surface area contributed by atoms with Crippen LogP contribution in [-0.4, -0.2) is 7.11 Å². The molecule has 4 heteroatoms. The van der Waals surface area contributed by atoms with Crippen molar-refractivity contribution in [3.8, 4) is 5.75 Å². The highest BCUT2D eigenvalue weighted by molar-refractivity contribution is 6.42. The van der Waals surface area contributed by atoms with Crippen molar-refractivity contribution in [2.24, 2.45) is 0 Å². The third-order valence-corrected chi connectivity index (χ3v) is 3.72. The Morgan fingerprint density at radius 1 is 1.16 bits per heavy atom. The lowest BCUT2D eigenvalue weighted by molar-refractivity contribution is 0.416. The smallest absolute Gasteiger partial charge is 0.142 e. The molecule has 0 aliphatic heterocycles. The van der Waals surface area contributed by atoms with Gasteiger partial charge in [0.15, 0.2) is 0 Å². The first kappa shape index (κ1) is 14.0. The molecule has 0 atom stereocenters. The molecule has 0 spiro atoms. The second kappa shape index (κ2) is 6.18. The summed E-state index contributed by atoms with van der Waals surface area (Å²) < 4.78 is 5.35. The van der Waals surface area contributed by atoms with E-state index in [4.69, 9.17) is 27.9 Å². The third-order valence-electron chi connectivity index (χ3n) is 2.86. The van der Waals surface area contributed by atoms with E-state index in [-0.39, 0.29) is 0 Å². The van der Waals surface area contributed by atoms with E-state index in [9.17, 15) is 0 Å². The highest BCUT2D eigenvalue weighted by Crippen LogP contribution is 2.29. The van der Waals surface area contributed by atoms with E-state index in [0.717, 1.165) is 22.6 Å². The first-order valence-corrected chi connectivity index (χ1v) is 6.69. The molecule has 0 unspecified atom stereocenters. The number of benzene rings is 2. The van der Waals surface area contributed by atoms with Crippen molar-refractivity contribution >= 4 is 28.9 Å². The van der Waals surface area contributed by atoms with Gasteiger partial charge in [-0.3, -0.25) is 0 Å². The Bertz CT molecular complexity index is 584. The summed E-state index contributed by atoms with van der Waals surface area (Å²) in [5, 5.41) is 4.46. The molecule has 0 saturated carbocycles. The molecule has 0 heterocycles. The van der Waals surface area contributed by atoms with Crippen molar-refractivity contribution in [2.45, 2.75) is 13.5 Å². The van der Waals surface area contributed by atoms with E-state index in [1.54, 1.807) is 13.2 Å². The lowest BCUT2D eigenvalue weighted by atomic mass is 10.2. The minimum absolute atomic E-state index is 0.567. The van der Waals surface area contributed by atoms with Gasteiger partial charge in [0, 0.05) is 6.54 Å². The molecule has 2 nitrogen and oxygen atoms in total. The Morgan fingerprint density at radius 3 is 2.68 bits per heavy atom. The molecule has 2 aromatic rings. The fourth-order valence-corrected chi connectivity index (χ4v) is 2.21. The summed E-state index contributed by atoms with van der Waals surface area (Å²) in [5.74, 6) is 0.818. The molecule has 0 bridgehead atoms. The normalized spacial score (nSPS) is 10.3. The van der Waals surface area contributed by atoms with Crippen molar-refractivity contribution in [2.75, 3.05) is 12.4 Å². The molecular weight excluding hydrogens is 281 g/mol. The molecule has 19 heavy (non-hydrogen) atoms. The van der Waals surface area contributed by atoms with Gasteiger partial charge in [-0.2, -0.15) is 0 Å². The molecular formula is C15H15Cl2NO. The van der Waals surface area contributed by atoms with E-state index < -0.39 is 0 Å². The molecule has 0 amide bonds. The Hall–Kier alpha value is -1.38. The maximum atomic E-state index is 6.16. The molecule has 2 rings (SSSR count). The Labute approximate surface area is 123 Å². The van der Waals surface area contributed by atoms with Crippen LogP contribution in [0, 0.1) is 6.92 Å². The predicted molar refractivity (Wildman–Crippen MR) is 81.5 cm³/mol. The summed E-state index contributed by atoms with van der Waals surface area (Å²) in [6.45, 7) is 2.62. The highest BCUT2D eigenvalue weighted by atomic mass is 35.5. The minimum Gasteiger partial charge on any atom is -0.495 e. The van der Waals surface area contributed by atoms with E-state index in [1.165, 1.54) is 0 Å². The quantitative estimate of drug-likeness (QED) is 0.864. The van der Waals surface area contributed by atoms with E-state index in [1.807, 2.05) is 37.3 Å². The number of rotatable bonds is 4. The van der Waals surface area contributed by atoms with Crippen LogP contribution in [0.15, 0.2) is 36.4 Å². The number of aryl methyl sites for hydroxylation is 1. The molecule has 2 aromatic carbocycles. The molecule has 0 aromatic heterocycles. The van der Waals surface area contributed by atoms with Crippen LogP contribution in [0.4, 0.5) is 5.69 Å². The molecule has 1 N–H and O–H groups in total. The number of anilines is 1. The number of halogens is 2. The van der Waals surface area contributed by atoms with Crippen LogP contribution in [0.25, 0.3) is 0 Å². The van der Waals surface area contributed by atoms with E-state index in [2.05, 4.69) is 5.32 Å². The Balaban J connectivity index is 2.17. The molecule has 100 valence electrons. The highest BCUT2D eigenvalue weighted by Gasteiger charge is 2.06. The van der Waals surface area contributed by atoms with Crippen molar-refractivity contribution in [3.63, 3.8) is 0 Å². The fourth-order valence-electron chi connectivity index (χ4n) is 1.82. The number of methoxy groups -OCH3 is 1. The van der Waals surface area contributed by atoms with Crippen molar-refractivity contribution in [1.82, 2.24) is 0 Å². The number of hydrogen-bond acceptors (Lipinski definition) is 2. The monoisotopic (exact) mass is 295 g/mol. The second-order valence-corrected chi connectivity index (χ2v) is 5.06. The van der Waals surface area contributed by atoms with Gasteiger partial charge in [0.05, 0.1) is 22.8 Å². The van der Waals surface area contributed by atoms with Gasteiger partial charge in [-0.1, -0.05) is 41.4 Å². The summed E-state index contributed by atoms with van der Waals surface area (Å²) in [6, 6.07) is 11.6. The van der Waals surface area contributed by atoms with Crippen molar-refractivity contribution < 1.29 is 4.74 Å². The average molecular weight is 296 g/mol. The first-order valence-electron chi connectivity index (χ1n) is 5.93. The van der Waals surface area contributed by atoms with Crippen LogP contribution in [0.5, 0.6) is 5.75 Å². The second-order valence-electron chi connectivity index (χ2n) is 4.27. The van der Waals surface area contributed by atoms with Gasteiger partial charge in [-0.15, -0.1) is 0 Å². The summed E-state index contributed by atoms with van der Waals surface area (Å²) in [6.07, 6.45) is 0. The van der Waals surface area contributed by atoms with Gasteiger partial charge in [-0.25, -0.2) is 0 Å². The lowest BCUT2D eigenvalue weighted by Gasteiger charge is -2.13. The van der Waals surface area contributed by atoms with Crippen LogP contribution in [0.2, 0.25) is 10.0 Å². The van der Waals surface area contributed by atoms with Gasteiger partial charge < -0.3 is 10.1 Å². The maximum absolute atomic E-state index is 6.16. The molecule has 0 fully saturated rings. The average Bonchev–Trinajstić information content (AvgIpc) is 2.41. The van der Waals surface area contributed by atoms with Crippen LogP contribution in [-0.2, 0) is 6.54 Å². The lowest BCUT2D eigenvalue weighted by Crippen LogP contribution is -2.02. The zero-order valence-electron chi connectivity index (χ0n) is 10.8. The first-order chi connectivity index (χ1) is 9.11. The fraction of sp³-hybridized carbons (Fsp3) is 0.200. The number of ether oxygens (including phenoxy) is 1. The largest absolute Gasteiger partial charge is 0.495 e. The third kappa shape index (κ3) is 3.34. The molecule has 0 radical (unpaired) electrons. The number of hydrogen-bond donors (Lipinski definition) is 1. The summed E-state index contributed by atoms with van der Waals surface area (Å²) >= 11 is 12.1. The minimum atomic E-state index is 0.567. The summed E-state index contributed by atoms with van der Waals surface area (Å²) in [4.78, 5) is 0. The zero-order chi connectivity index (χ0) is 13.8. The number of nitrogens with one attached hydrogen (secondary N) is 1. The topological polar surface area (TPSA) is 21.3 Å². The summed E-state index contributed by atoms with van der Waals surface area (Å²) in [7, 11) is 1.66. The molecule has 0 saturated heterocycles. The van der Waals surface area contributed by atoms with Crippen LogP contribution in [0.1, 0.15) is 11.1 Å². The Morgan fingerprint density at radius 2 is 1.95 bits per heavy atom. The van der Waals surface area contributed by atoms with Crippen LogP contribution < -0.4 is 10.1 Å². The summed E-state index contributed by atoms with van der Waals surface area (Å²) in [5.41, 5.74) is 3.05. The van der Waals surface area contributed by atoms with E-state index in [0.29, 0.717) is 16.6 Å². The maximum Gasteiger partial charge on any atom is 0.142 e.